The van der Waals surface area contributed by atoms with Crippen molar-refractivity contribution in [1.29, 1.82) is 0 Å². The number of hydrogen-bond donors (Lipinski definition) is 2. The molecule has 0 aromatic carbocycles. The van der Waals surface area contributed by atoms with Crippen molar-refractivity contribution in [3.8, 4) is 0 Å². The van der Waals surface area contributed by atoms with Crippen molar-refractivity contribution >= 4 is 29.9 Å². The van der Waals surface area contributed by atoms with Gasteiger partial charge in [0.05, 0.1) is 11.3 Å². The van der Waals surface area contributed by atoms with Crippen molar-refractivity contribution in [1.82, 2.24) is 5.32 Å². The number of rotatable bonds is 3. The van der Waals surface area contributed by atoms with Crippen LogP contribution in [-0.2, 0) is 0 Å². The minimum absolute atomic E-state index is 0.363. The van der Waals surface area contributed by atoms with Crippen LogP contribution in [0.5, 0.6) is 0 Å². The highest BCUT2D eigenvalue weighted by Gasteiger charge is 2.26. The molecule has 0 aliphatic rings. The van der Waals surface area contributed by atoms with Crippen LogP contribution in [0.15, 0.2) is 16.3 Å². The smallest absolute Gasteiger partial charge is 0.351 e. The van der Waals surface area contributed by atoms with Crippen molar-refractivity contribution in [2.24, 2.45) is 0 Å². The summed E-state index contributed by atoms with van der Waals surface area (Å²) in [6.07, 6.45) is -5.25. The molecule has 0 aliphatic heterocycles. The quantitative estimate of drug-likeness (QED) is 0.799. The summed E-state index contributed by atoms with van der Waals surface area (Å²) in [5.41, 5.74) is 0. The number of amides is 1. The molecule has 0 saturated carbocycles. The largest absolute Gasteiger partial charge is 0.390 e. The van der Waals surface area contributed by atoms with E-state index in [1.165, 1.54) is 6.07 Å². The first-order chi connectivity index (χ1) is 6.88. The van der Waals surface area contributed by atoms with Gasteiger partial charge in [0.25, 0.3) is 5.91 Å². The fraction of sp³-hybridized carbons (Fsp3) is 0.375. The molecule has 0 saturated heterocycles. The van der Waals surface area contributed by atoms with E-state index >= 15 is 0 Å². The Kier molecular flexibility index (Phi) is 4.04. The van der Waals surface area contributed by atoms with Gasteiger partial charge in [-0.1, -0.05) is 0 Å². The number of carbonyl (C=O) groups excluding carboxylic acids is 1. The first-order valence-electron chi connectivity index (χ1n) is 4.01. The second kappa shape index (κ2) is 4.89. The molecule has 1 N–H and O–H groups in total. The highest BCUT2D eigenvalue weighted by atomic mass is 32.1. The van der Waals surface area contributed by atoms with Crippen molar-refractivity contribution in [2.75, 3.05) is 6.54 Å². The number of thiophene rings is 1. The average Bonchev–Trinajstić information content (AvgIpc) is 2.49. The first-order valence-corrected chi connectivity index (χ1v) is 5.33. The Morgan fingerprint density at radius 3 is 2.67 bits per heavy atom. The number of thiol groups is 1. The molecule has 0 atom stereocenters. The molecule has 1 aromatic heterocycles. The zero-order valence-electron chi connectivity index (χ0n) is 7.47. The summed E-state index contributed by atoms with van der Waals surface area (Å²) in [7, 11) is 0. The lowest BCUT2D eigenvalue weighted by atomic mass is 10.4. The van der Waals surface area contributed by atoms with E-state index < -0.39 is 25.0 Å². The monoisotopic (exact) mass is 255 g/mol. The topological polar surface area (TPSA) is 29.1 Å². The third-order valence-electron chi connectivity index (χ3n) is 1.50. The van der Waals surface area contributed by atoms with Crippen LogP contribution in [-0.4, -0.2) is 18.6 Å². The lowest BCUT2D eigenvalue weighted by Gasteiger charge is -2.06. The SMILES string of the molecule is O=C(NCCC(F)(F)F)c1cc(S)cs1. The summed E-state index contributed by atoms with van der Waals surface area (Å²) in [6.45, 7) is -0.401. The minimum Gasteiger partial charge on any atom is -0.351 e. The maximum Gasteiger partial charge on any atom is 0.390 e. The molecule has 1 amide bonds. The summed E-state index contributed by atoms with van der Waals surface area (Å²) >= 11 is 5.13. The third-order valence-corrected chi connectivity index (χ3v) is 2.87. The lowest BCUT2D eigenvalue weighted by molar-refractivity contribution is -0.132. The second-order valence-electron chi connectivity index (χ2n) is 2.79. The predicted molar refractivity (Wildman–Crippen MR) is 54.6 cm³/mol. The molecular weight excluding hydrogens is 247 g/mol. The highest BCUT2D eigenvalue weighted by Crippen LogP contribution is 2.19. The van der Waals surface area contributed by atoms with Crippen molar-refractivity contribution in [3.63, 3.8) is 0 Å². The van der Waals surface area contributed by atoms with E-state index in [-0.39, 0.29) is 0 Å². The van der Waals surface area contributed by atoms with Gasteiger partial charge in [0, 0.05) is 16.8 Å². The fourth-order valence-corrected chi connectivity index (χ4v) is 1.91. The van der Waals surface area contributed by atoms with Crippen LogP contribution in [0, 0.1) is 0 Å². The van der Waals surface area contributed by atoms with Gasteiger partial charge in [-0.3, -0.25) is 4.79 Å². The van der Waals surface area contributed by atoms with E-state index in [0.717, 1.165) is 11.3 Å². The van der Waals surface area contributed by atoms with Gasteiger partial charge in [0.1, 0.15) is 0 Å². The molecule has 0 aliphatic carbocycles. The van der Waals surface area contributed by atoms with Gasteiger partial charge in [0.15, 0.2) is 0 Å². The molecule has 2 nitrogen and oxygen atoms in total. The second-order valence-corrected chi connectivity index (χ2v) is 4.22. The van der Waals surface area contributed by atoms with Crippen molar-refractivity contribution < 1.29 is 18.0 Å². The maximum atomic E-state index is 11.8. The molecular formula is C8H8F3NOS2. The standard InChI is InChI=1S/C8H8F3NOS2/c9-8(10,11)1-2-12-7(13)6-3-5(14)4-15-6/h3-4,14H,1-2H2,(H,12,13). The van der Waals surface area contributed by atoms with Gasteiger partial charge in [-0.15, -0.1) is 24.0 Å². The van der Waals surface area contributed by atoms with Crippen molar-refractivity contribution in [2.45, 2.75) is 17.5 Å². The van der Waals surface area contributed by atoms with Gasteiger partial charge in [-0.05, 0) is 6.07 Å². The van der Waals surface area contributed by atoms with Crippen LogP contribution in [0.25, 0.3) is 0 Å². The van der Waals surface area contributed by atoms with Gasteiger partial charge in [0.2, 0.25) is 0 Å². The molecule has 0 bridgehead atoms. The van der Waals surface area contributed by atoms with Crippen LogP contribution in [0.3, 0.4) is 0 Å². The van der Waals surface area contributed by atoms with E-state index in [0.29, 0.717) is 9.77 Å². The van der Waals surface area contributed by atoms with E-state index in [4.69, 9.17) is 0 Å². The Hall–Kier alpha value is -0.690. The molecule has 0 radical (unpaired) electrons. The Morgan fingerprint density at radius 1 is 1.53 bits per heavy atom. The average molecular weight is 255 g/mol. The number of halogens is 3. The summed E-state index contributed by atoms with van der Waals surface area (Å²) < 4.78 is 35.3. The predicted octanol–water partition coefficient (Wildman–Crippen LogP) is 2.72. The summed E-state index contributed by atoms with van der Waals surface area (Å²) in [5.74, 6) is -0.496. The van der Waals surface area contributed by atoms with E-state index in [1.807, 2.05) is 0 Å². The Balaban J connectivity index is 2.37. The number of alkyl halides is 3. The summed E-state index contributed by atoms with van der Waals surface area (Å²) in [6, 6.07) is 1.51. The summed E-state index contributed by atoms with van der Waals surface area (Å²) in [4.78, 5) is 12.2. The van der Waals surface area contributed by atoms with E-state index in [1.54, 1.807) is 5.38 Å². The van der Waals surface area contributed by atoms with Crippen molar-refractivity contribution in [3.05, 3.63) is 16.3 Å². The molecule has 1 heterocycles. The molecule has 0 fully saturated rings. The maximum absolute atomic E-state index is 11.8. The Labute approximate surface area is 93.9 Å². The zero-order chi connectivity index (χ0) is 11.5. The Morgan fingerprint density at radius 2 is 2.20 bits per heavy atom. The Bertz CT molecular complexity index is 348. The first kappa shape index (κ1) is 12.4. The third kappa shape index (κ3) is 4.57. The van der Waals surface area contributed by atoms with Crippen LogP contribution in [0.2, 0.25) is 0 Å². The van der Waals surface area contributed by atoms with Crippen LogP contribution in [0.1, 0.15) is 16.1 Å². The van der Waals surface area contributed by atoms with Gasteiger partial charge in [-0.25, -0.2) is 0 Å². The van der Waals surface area contributed by atoms with Gasteiger partial charge < -0.3 is 5.32 Å². The molecule has 1 aromatic rings. The minimum atomic E-state index is -4.24. The molecule has 84 valence electrons. The van der Waals surface area contributed by atoms with Gasteiger partial charge >= 0.3 is 6.18 Å². The van der Waals surface area contributed by atoms with E-state index in [9.17, 15) is 18.0 Å². The fourth-order valence-electron chi connectivity index (χ4n) is 0.850. The van der Waals surface area contributed by atoms with Gasteiger partial charge in [-0.2, -0.15) is 13.2 Å². The molecule has 0 spiro atoms. The molecule has 0 unspecified atom stereocenters. The van der Waals surface area contributed by atoms with Crippen LogP contribution >= 0.6 is 24.0 Å². The van der Waals surface area contributed by atoms with E-state index in [2.05, 4.69) is 17.9 Å². The highest BCUT2D eigenvalue weighted by molar-refractivity contribution is 7.80. The lowest BCUT2D eigenvalue weighted by Crippen LogP contribution is -2.27. The van der Waals surface area contributed by atoms with Crippen LogP contribution < -0.4 is 5.32 Å². The molecule has 15 heavy (non-hydrogen) atoms. The molecule has 1 rings (SSSR count). The normalized spacial score (nSPS) is 11.5. The summed E-state index contributed by atoms with van der Waals surface area (Å²) in [5, 5.41) is 3.83. The number of hydrogen-bond acceptors (Lipinski definition) is 3. The molecule has 7 heteroatoms. The van der Waals surface area contributed by atoms with Crippen LogP contribution in [0.4, 0.5) is 13.2 Å². The number of nitrogens with one attached hydrogen (secondary N) is 1. The number of carbonyl (C=O) groups is 1. The zero-order valence-corrected chi connectivity index (χ0v) is 9.18.